The van der Waals surface area contributed by atoms with Crippen molar-refractivity contribution in [1.29, 1.82) is 5.26 Å². The number of tetrazole rings is 1. The summed E-state index contributed by atoms with van der Waals surface area (Å²) in [6.07, 6.45) is 2.43. The topological polar surface area (TPSA) is 131 Å². The Morgan fingerprint density at radius 3 is 2.89 bits per heavy atom. The number of nitrogens with two attached hydrogens (primary N) is 1. The van der Waals surface area contributed by atoms with Gasteiger partial charge in [0.2, 0.25) is 0 Å². The number of hydrogen-bond acceptors (Lipinski definition) is 6. The molecule has 18 heavy (non-hydrogen) atoms. The molecule has 0 spiro atoms. The second-order valence-corrected chi connectivity index (χ2v) is 3.21. The van der Waals surface area contributed by atoms with Gasteiger partial charge in [0.1, 0.15) is 6.04 Å². The molecule has 0 aliphatic heterocycles. The number of nitriles is 1. The van der Waals surface area contributed by atoms with E-state index in [0.29, 0.717) is 25.2 Å². The minimum atomic E-state index is -1.05. The molecule has 1 aromatic rings. The fraction of sp³-hybridized carbons (Fsp3) is 0.667. The summed E-state index contributed by atoms with van der Waals surface area (Å²) in [5.74, 6) is -0.497. The fourth-order valence-corrected chi connectivity index (χ4v) is 1.14. The van der Waals surface area contributed by atoms with E-state index in [9.17, 15) is 4.79 Å². The number of aromatic nitrogens is 4. The molecule has 3 N–H and O–H groups in total. The van der Waals surface area contributed by atoms with Crippen molar-refractivity contribution in [1.82, 2.24) is 20.2 Å². The normalized spacial score (nSPS) is 11.0. The third-order valence-corrected chi connectivity index (χ3v) is 2.04. The van der Waals surface area contributed by atoms with E-state index in [1.54, 1.807) is 0 Å². The lowest BCUT2D eigenvalue weighted by molar-refractivity contribution is -0.138. The largest absolute Gasteiger partial charge is 0.480 e. The quantitative estimate of drug-likeness (QED) is 0.686. The van der Waals surface area contributed by atoms with Crippen LogP contribution in [-0.2, 0) is 17.8 Å². The summed E-state index contributed by atoms with van der Waals surface area (Å²) in [6, 6.07) is 1.07. The average molecular weight is 275 g/mol. The molecule has 1 rings (SSSR count). The average Bonchev–Trinajstić information content (AvgIpc) is 2.83. The number of halogens is 1. The molecule has 1 unspecified atom stereocenters. The zero-order valence-corrected chi connectivity index (χ0v) is 10.7. The van der Waals surface area contributed by atoms with Crippen molar-refractivity contribution < 1.29 is 9.90 Å². The van der Waals surface area contributed by atoms with Crippen LogP contribution in [0, 0.1) is 11.3 Å². The molecule has 1 heterocycles. The Morgan fingerprint density at radius 2 is 2.33 bits per heavy atom. The monoisotopic (exact) mass is 274 g/mol. The van der Waals surface area contributed by atoms with E-state index in [2.05, 4.69) is 27.1 Å². The Morgan fingerprint density at radius 1 is 1.67 bits per heavy atom. The first-order chi connectivity index (χ1) is 8.65. The summed E-state index contributed by atoms with van der Waals surface area (Å²) in [5.41, 5.74) is 5.35. The van der Waals surface area contributed by atoms with Crippen LogP contribution in [0.3, 0.4) is 0 Å². The first-order valence-electron chi connectivity index (χ1n) is 5.13. The number of carboxylic acids is 1. The lowest BCUT2D eigenvalue weighted by Gasteiger charge is -2.05. The molecule has 0 saturated carbocycles. The zero-order valence-electron chi connectivity index (χ0n) is 9.95. The Hall–Kier alpha value is -1.72. The minimum absolute atomic E-state index is 0.266. The first kappa shape index (κ1) is 16.3. The molecule has 0 saturated heterocycles. The SMILES string of the molecule is CCl.N#CCCn1nnnc1CCC(N)C(=O)O. The maximum atomic E-state index is 10.5. The van der Waals surface area contributed by atoms with Crippen LogP contribution in [0.4, 0.5) is 0 Å². The lowest BCUT2D eigenvalue weighted by atomic mass is 10.1. The Balaban J connectivity index is 0.00000137. The van der Waals surface area contributed by atoms with Gasteiger partial charge in [-0.1, -0.05) is 0 Å². The molecule has 0 aliphatic rings. The van der Waals surface area contributed by atoms with Gasteiger partial charge in [-0.3, -0.25) is 4.79 Å². The van der Waals surface area contributed by atoms with Gasteiger partial charge in [0.05, 0.1) is 19.0 Å². The van der Waals surface area contributed by atoms with Gasteiger partial charge in [-0.2, -0.15) is 5.26 Å². The van der Waals surface area contributed by atoms with Gasteiger partial charge < -0.3 is 10.8 Å². The van der Waals surface area contributed by atoms with Crippen molar-refractivity contribution in [3.8, 4) is 6.07 Å². The molecule has 100 valence electrons. The summed E-state index contributed by atoms with van der Waals surface area (Å²) in [7, 11) is 0. The van der Waals surface area contributed by atoms with Gasteiger partial charge in [-0.15, -0.1) is 16.7 Å². The number of nitrogens with zero attached hydrogens (tertiary/aromatic N) is 5. The maximum Gasteiger partial charge on any atom is 0.320 e. The van der Waals surface area contributed by atoms with Gasteiger partial charge in [0.25, 0.3) is 0 Å². The number of carboxylic acid groups (broad SMARTS) is 1. The highest BCUT2D eigenvalue weighted by Crippen LogP contribution is 2.01. The molecular weight excluding hydrogens is 260 g/mol. The van der Waals surface area contributed by atoms with Crippen molar-refractivity contribution in [3.05, 3.63) is 5.82 Å². The van der Waals surface area contributed by atoms with Crippen LogP contribution in [0.2, 0.25) is 0 Å². The van der Waals surface area contributed by atoms with Crippen LogP contribution in [0.15, 0.2) is 0 Å². The summed E-state index contributed by atoms with van der Waals surface area (Å²) in [5, 5.41) is 27.9. The molecule has 0 bridgehead atoms. The molecule has 8 nitrogen and oxygen atoms in total. The van der Waals surface area contributed by atoms with Crippen molar-refractivity contribution in [2.45, 2.75) is 31.8 Å². The van der Waals surface area contributed by atoms with Gasteiger partial charge in [-0.25, -0.2) is 4.68 Å². The van der Waals surface area contributed by atoms with Gasteiger partial charge in [-0.05, 0) is 16.8 Å². The molecule has 0 fully saturated rings. The smallest absolute Gasteiger partial charge is 0.320 e. The standard InChI is InChI=1S/C8H12N6O2.CH3Cl/c9-4-1-5-14-7(11-12-13-14)3-2-6(10)8(15)16;1-2/h6H,1-3,5,10H2,(H,15,16);1H3. The Kier molecular flexibility index (Phi) is 8.43. The minimum Gasteiger partial charge on any atom is -0.480 e. The van der Waals surface area contributed by atoms with Crippen LogP contribution < -0.4 is 5.73 Å². The van der Waals surface area contributed by atoms with Crippen molar-refractivity contribution in [3.63, 3.8) is 0 Å². The van der Waals surface area contributed by atoms with Gasteiger partial charge in [0, 0.05) is 12.8 Å². The number of alkyl halides is 1. The predicted octanol–water partition coefficient (Wildman–Crippen LogP) is -0.214. The molecular formula is C9H15ClN6O2. The number of aryl methyl sites for hydroxylation is 2. The zero-order chi connectivity index (χ0) is 14.0. The molecule has 0 aliphatic carbocycles. The molecule has 9 heteroatoms. The third kappa shape index (κ3) is 5.56. The maximum absolute atomic E-state index is 10.5. The highest BCUT2D eigenvalue weighted by molar-refractivity contribution is 6.15. The second-order valence-electron chi connectivity index (χ2n) is 3.21. The second kappa shape index (κ2) is 9.32. The third-order valence-electron chi connectivity index (χ3n) is 2.04. The van der Waals surface area contributed by atoms with Crippen molar-refractivity contribution in [2.24, 2.45) is 5.73 Å². The molecule has 0 amide bonds. The van der Waals surface area contributed by atoms with E-state index in [4.69, 9.17) is 16.1 Å². The molecule has 0 radical (unpaired) electrons. The van der Waals surface area contributed by atoms with Gasteiger partial charge in [0.15, 0.2) is 5.82 Å². The number of hydrogen-bond donors (Lipinski definition) is 2. The van der Waals surface area contributed by atoms with Crippen molar-refractivity contribution in [2.75, 3.05) is 6.38 Å². The number of carbonyl (C=O) groups is 1. The van der Waals surface area contributed by atoms with Crippen LogP contribution >= 0.6 is 11.6 Å². The Bertz CT molecular complexity index is 402. The Labute approximate surface area is 109 Å². The number of aliphatic carboxylic acids is 1. The van der Waals surface area contributed by atoms with E-state index in [1.807, 2.05) is 6.07 Å². The summed E-state index contributed by atoms with van der Waals surface area (Å²) >= 11 is 4.64. The lowest BCUT2D eigenvalue weighted by Crippen LogP contribution is -2.30. The summed E-state index contributed by atoms with van der Waals surface area (Å²) in [4.78, 5) is 10.5. The molecule has 1 atom stereocenters. The van der Waals surface area contributed by atoms with Crippen LogP contribution in [0.25, 0.3) is 0 Å². The highest BCUT2D eigenvalue weighted by Gasteiger charge is 2.13. The van der Waals surface area contributed by atoms with E-state index >= 15 is 0 Å². The van der Waals surface area contributed by atoms with E-state index in [0.717, 1.165) is 0 Å². The molecule has 1 aromatic heterocycles. The predicted molar refractivity (Wildman–Crippen MR) is 63.8 cm³/mol. The highest BCUT2D eigenvalue weighted by atomic mass is 35.5. The van der Waals surface area contributed by atoms with E-state index in [-0.39, 0.29) is 6.42 Å². The van der Waals surface area contributed by atoms with Crippen LogP contribution in [0.5, 0.6) is 0 Å². The van der Waals surface area contributed by atoms with Crippen molar-refractivity contribution >= 4 is 17.6 Å². The number of rotatable bonds is 6. The van der Waals surface area contributed by atoms with E-state index in [1.165, 1.54) is 11.1 Å². The fourth-order valence-electron chi connectivity index (χ4n) is 1.14. The van der Waals surface area contributed by atoms with Gasteiger partial charge >= 0.3 is 5.97 Å². The molecule has 0 aromatic carbocycles. The first-order valence-corrected chi connectivity index (χ1v) is 5.89. The summed E-state index contributed by atoms with van der Waals surface area (Å²) < 4.78 is 1.48. The van der Waals surface area contributed by atoms with E-state index < -0.39 is 12.0 Å². The summed E-state index contributed by atoms with van der Waals surface area (Å²) in [6.45, 7) is 0.404. The van der Waals surface area contributed by atoms with Crippen LogP contribution in [0.1, 0.15) is 18.7 Å². The van der Waals surface area contributed by atoms with Crippen LogP contribution in [-0.4, -0.2) is 43.7 Å².